The second-order valence-corrected chi connectivity index (χ2v) is 6.20. The van der Waals surface area contributed by atoms with Gasteiger partial charge in [-0.1, -0.05) is 0 Å². The SMILES string of the molecule is Cc1cc(C)n(CCC(=O)N(C)C(C)c2nccs2)c(=O)n1. The van der Waals surface area contributed by atoms with Gasteiger partial charge in [0.2, 0.25) is 5.91 Å². The van der Waals surface area contributed by atoms with Crippen molar-refractivity contribution in [1.29, 1.82) is 0 Å². The lowest BCUT2D eigenvalue weighted by atomic mass is 10.2. The lowest BCUT2D eigenvalue weighted by Crippen LogP contribution is -2.32. The van der Waals surface area contributed by atoms with E-state index in [2.05, 4.69) is 9.97 Å². The highest BCUT2D eigenvalue weighted by molar-refractivity contribution is 7.09. The standard InChI is InChI=1S/C15H20N4O2S/c1-10-9-11(2)19(15(21)17-10)7-5-13(20)18(4)12(3)14-16-6-8-22-14/h6,8-9,12H,5,7H2,1-4H3. The van der Waals surface area contributed by atoms with Gasteiger partial charge in [0.15, 0.2) is 0 Å². The highest BCUT2D eigenvalue weighted by Crippen LogP contribution is 2.21. The molecule has 0 radical (unpaired) electrons. The monoisotopic (exact) mass is 320 g/mol. The van der Waals surface area contributed by atoms with Gasteiger partial charge in [0.05, 0.1) is 6.04 Å². The van der Waals surface area contributed by atoms with Gasteiger partial charge < -0.3 is 4.90 Å². The Hall–Kier alpha value is -2.02. The van der Waals surface area contributed by atoms with Gasteiger partial charge in [-0.2, -0.15) is 4.98 Å². The molecule has 0 saturated heterocycles. The molecule has 7 heteroatoms. The van der Waals surface area contributed by atoms with Gasteiger partial charge in [0.1, 0.15) is 5.01 Å². The number of hydrogen-bond acceptors (Lipinski definition) is 5. The molecule has 0 spiro atoms. The van der Waals surface area contributed by atoms with E-state index in [1.807, 2.05) is 25.3 Å². The molecule has 6 nitrogen and oxygen atoms in total. The molecule has 0 saturated carbocycles. The molecular weight excluding hydrogens is 300 g/mol. The van der Waals surface area contributed by atoms with Gasteiger partial charge in [-0.05, 0) is 26.8 Å². The van der Waals surface area contributed by atoms with Crippen molar-refractivity contribution in [2.24, 2.45) is 0 Å². The largest absolute Gasteiger partial charge is 0.347 e. The summed E-state index contributed by atoms with van der Waals surface area (Å²) < 4.78 is 1.53. The smallest absolute Gasteiger partial charge is 0.337 e. The maximum atomic E-state index is 12.3. The highest BCUT2D eigenvalue weighted by Gasteiger charge is 2.19. The minimum absolute atomic E-state index is 0.0189. The predicted octanol–water partition coefficient (Wildman–Crippen LogP) is 1.93. The van der Waals surface area contributed by atoms with Crippen molar-refractivity contribution in [3.63, 3.8) is 0 Å². The summed E-state index contributed by atoms with van der Waals surface area (Å²) in [6.07, 6.45) is 1.99. The first kappa shape index (κ1) is 16.4. The van der Waals surface area contributed by atoms with Crippen LogP contribution in [0.3, 0.4) is 0 Å². The summed E-state index contributed by atoms with van der Waals surface area (Å²) in [5.41, 5.74) is 1.21. The van der Waals surface area contributed by atoms with Crippen molar-refractivity contribution >= 4 is 17.2 Å². The molecule has 0 aliphatic carbocycles. The molecule has 0 aliphatic rings. The predicted molar refractivity (Wildman–Crippen MR) is 85.9 cm³/mol. The summed E-state index contributed by atoms with van der Waals surface area (Å²) >= 11 is 1.53. The van der Waals surface area contributed by atoms with Gasteiger partial charge in [0.25, 0.3) is 0 Å². The number of nitrogens with zero attached hydrogens (tertiary/aromatic N) is 4. The van der Waals surface area contributed by atoms with E-state index in [1.54, 1.807) is 25.1 Å². The first-order valence-electron chi connectivity index (χ1n) is 7.10. The molecule has 22 heavy (non-hydrogen) atoms. The topological polar surface area (TPSA) is 68.1 Å². The van der Waals surface area contributed by atoms with Crippen molar-refractivity contribution in [1.82, 2.24) is 19.4 Å². The molecule has 0 aliphatic heterocycles. The Morgan fingerprint density at radius 1 is 1.45 bits per heavy atom. The van der Waals surface area contributed by atoms with E-state index in [0.29, 0.717) is 12.2 Å². The van der Waals surface area contributed by atoms with Crippen LogP contribution in [-0.4, -0.2) is 32.4 Å². The van der Waals surface area contributed by atoms with E-state index in [-0.39, 0.29) is 24.1 Å². The van der Waals surface area contributed by atoms with E-state index in [1.165, 1.54) is 15.9 Å². The van der Waals surface area contributed by atoms with Crippen LogP contribution >= 0.6 is 11.3 Å². The van der Waals surface area contributed by atoms with Gasteiger partial charge >= 0.3 is 5.69 Å². The van der Waals surface area contributed by atoms with Gasteiger partial charge in [-0.25, -0.2) is 9.78 Å². The van der Waals surface area contributed by atoms with E-state index < -0.39 is 0 Å². The zero-order chi connectivity index (χ0) is 16.3. The fourth-order valence-electron chi connectivity index (χ4n) is 2.25. The average molecular weight is 320 g/mol. The van der Waals surface area contributed by atoms with E-state index in [4.69, 9.17) is 0 Å². The van der Waals surface area contributed by atoms with Crippen molar-refractivity contribution in [3.8, 4) is 0 Å². The van der Waals surface area contributed by atoms with Crippen LogP contribution in [0.15, 0.2) is 22.4 Å². The number of carbonyl (C=O) groups excluding carboxylic acids is 1. The number of amides is 1. The molecule has 1 atom stereocenters. The van der Waals surface area contributed by atoms with Crippen LogP contribution in [0.4, 0.5) is 0 Å². The number of thiazole rings is 1. The Balaban J connectivity index is 2.03. The number of hydrogen-bond donors (Lipinski definition) is 0. The lowest BCUT2D eigenvalue weighted by molar-refractivity contribution is -0.132. The minimum Gasteiger partial charge on any atom is -0.337 e. The van der Waals surface area contributed by atoms with E-state index in [9.17, 15) is 9.59 Å². The van der Waals surface area contributed by atoms with Gasteiger partial charge in [-0.3, -0.25) is 9.36 Å². The quantitative estimate of drug-likeness (QED) is 0.844. The average Bonchev–Trinajstić information content (AvgIpc) is 2.98. The molecule has 0 aromatic carbocycles. The maximum absolute atomic E-state index is 12.3. The fraction of sp³-hybridized carbons (Fsp3) is 0.467. The Labute approximate surface area is 133 Å². The Morgan fingerprint density at radius 2 is 2.18 bits per heavy atom. The normalized spacial score (nSPS) is 12.2. The van der Waals surface area contributed by atoms with Crippen LogP contribution in [0.5, 0.6) is 0 Å². The molecule has 0 fully saturated rings. The van der Waals surface area contributed by atoms with Crippen molar-refractivity contribution in [2.75, 3.05) is 7.05 Å². The number of carbonyl (C=O) groups is 1. The molecule has 2 aromatic rings. The third-order valence-corrected chi connectivity index (χ3v) is 4.62. The van der Waals surface area contributed by atoms with E-state index >= 15 is 0 Å². The molecule has 0 bridgehead atoms. The Kier molecular flexibility index (Phi) is 5.07. The second-order valence-electron chi connectivity index (χ2n) is 5.27. The molecule has 2 heterocycles. The van der Waals surface area contributed by atoms with Crippen LogP contribution in [0.2, 0.25) is 0 Å². The van der Waals surface area contributed by atoms with Crippen LogP contribution in [-0.2, 0) is 11.3 Å². The number of aryl methyl sites for hydroxylation is 2. The molecule has 1 amide bonds. The Bertz CT molecular complexity index is 709. The van der Waals surface area contributed by atoms with Crippen LogP contribution in [0.25, 0.3) is 0 Å². The zero-order valence-corrected chi connectivity index (χ0v) is 14.1. The summed E-state index contributed by atoms with van der Waals surface area (Å²) in [7, 11) is 1.76. The van der Waals surface area contributed by atoms with Crippen LogP contribution in [0, 0.1) is 13.8 Å². The molecule has 2 rings (SSSR count). The summed E-state index contributed by atoms with van der Waals surface area (Å²) in [6.45, 7) is 5.92. The molecule has 118 valence electrons. The van der Waals surface area contributed by atoms with Crippen molar-refractivity contribution in [2.45, 2.75) is 39.8 Å². The Morgan fingerprint density at radius 3 is 2.77 bits per heavy atom. The van der Waals surface area contributed by atoms with Crippen LogP contribution < -0.4 is 5.69 Å². The van der Waals surface area contributed by atoms with Crippen molar-refractivity contribution in [3.05, 3.63) is 44.5 Å². The third kappa shape index (κ3) is 3.59. The lowest BCUT2D eigenvalue weighted by Gasteiger charge is -2.23. The summed E-state index contributed by atoms with van der Waals surface area (Å²) in [5.74, 6) is -0.0189. The van der Waals surface area contributed by atoms with Crippen molar-refractivity contribution < 1.29 is 4.79 Å². The first-order valence-corrected chi connectivity index (χ1v) is 7.98. The summed E-state index contributed by atoms with van der Waals surface area (Å²) in [4.78, 5) is 34.0. The van der Waals surface area contributed by atoms with Gasteiger partial charge in [0, 0.05) is 43.0 Å². The maximum Gasteiger partial charge on any atom is 0.347 e. The first-order chi connectivity index (χ1) is 10.4. The highest BCUT2D eigenvalue weighted by atomic mass is 32.1. The fourth-order valence-corrected chi connectivity index (χ4v) is 2.99. The number of rotatable bonds is 5. The van der Waals surface area contributed by atoms with Crippen LogP contribution in [0.1, 0.15) is 35.8 Å². The van der Waals surface area contributed by atoms with E-state index in [0.717, 1.165) is 10.7 Å². The summed E-state index contributed by atoms with van der Waals surface area (Å²) in [5, 5.41) is 2.80. The summed E-state index contributed by atoms with van der Waals surface area (Å²) in [6, 6.07) is 1.77. The third-order valence-electron chi connectivity index (χ3n) is 3.68. The molecular formula is C15H20N4O2S. The second kappa shape index (κ2) is 6.83. The van der Waals surface area contributed by atoms with Gasteiger partial charge in [-0.15, -0.1) is 11.3 Å². The molecule has 0 N–H and O–H groups in total. The zero-order valence-electron chi connectivity index (χ0n) is 13.2. The number of aromatic nitrogens is 3. The molecule has 2 aromatic heterocycles. The molecule has 1 unspecified atom stereocenters. The minimum atomic E-state index is -0.305.